The quantitative estimate of drug-likeness (QED) is 0.495. The van der Waals surface area contributed by atoms with E-state index in [-0.39, 0.29) is 35.6 Å². The van der Waals surface area contributed by atoms with Crippen molar-refractivity contribution in [2.75, 3.05) is 0 Å². The van der Waals surface area contributed by atoms with Crippen LogP contribution in [0.25, 0.3) is 0 Å². The molecule has 1 saturated carbocycles. The summed E-state index contributed by atoms with van der Waals surface area (Å²) < 4.78 is 15.5. The number of hydrogen-bond acceptors (Lipinski definition) is 5. The second-order valence-electron chi connectivity index (χ2n) is 4.36. The van der Waals surface area contributed by atoms with Gasteiger partial charge in [-0.05, 0) is 6.42 Å². The number of rotatable bonds is 0. The molecule has 4 fully saturated rings. The maximum absolute atomic E-state index is 11.5. The Kier molecular flexibility index (Phi) is 1.01. The monoisotopic (exact) mass is 196 g/mol. The molecule has 5 heteroatoms. The highest BCUT2D eigenvalue weighted by Crippen LogP contribution is 2.57. The molecule has 6 atom stereocenters. The molecule has 2 bridgehead atoms. The Labute approximate surface area is 79.3 Å². The standard InChI is InChI=1S/C9H8O5/c10-6-4-2-1-3-5(4)7(11)13-9(3)14-8(2)12-6/h2-5,8-9H,1H2/t2-,3-,4-,5+,8+,9-/m1/s1. The van der Waals surface area contributed by atoms with Crippen molar-refractivity contribution < 1.29 is 23.8 Å². The van der Waals surface area contributed by atoms with Crippen molar-refractivity contribution in [3.8, 4) is 0 Å². The van der Waals surface area contributed by atoms with E-state index in [9.17, 15) is 9.59 Å². The number of carbonyl (C=O) groups is 2. The Bertz CT molecular complexity index is 319. The highest BCUT2D eigenvalue weighted by Gasteiger charge is 2.69. The van der Waals surface area contributed by atoms with Crippen molar-refractivity contribution in [3.05, 3.63) is 0 Å². The van der Waals surface area contributed by atoms with Gasteiger partial charge in [-0.15, -0.1) is 0 Å². The Morgan fingerprint density at radius 2 is 1.43 bits per heavy atom. The van der Waals surface area contributed by atoms with Gasteiger partial charge in [0.1, 0.15) is 0 Å². The molecule has 0 unspecified atom stereocenters. The minimum absolute atomic E-state index is 0.0848. The lowest BCUT2D eigenvalue weighted by molar-refractivity contribution is -0.252. The topological polar surface area (TPSA) is 61.8 Å². The second-order valence-corrected chi connectivity index (χ2v) is 4.36. The lowest BCUT2D eigenvalue weighted by Gasteiger charge is -2.28. The summed E-state index contributed by atoms with van der Waals surface area (Å²) in [5.74, 6) is -1.01. The number of carbonyl (C=O) groups excluding carboxylic acids is 2. The van der Waals surface area contributed by atoms with Gasteiger partial charge in [-0.2, -0.15) is 0 Å². The normalized spacial score (nSPS) is 57.4. The fourth-order valence-corrected chi connectivity index (χ4v) is 3.29. The van der Waals surface area contributed by atoms with Gasteiger partial charge in [-0.25, -0.2) is 0 Å². The fourth-order valence-electron chi connectivity index (χ4n) is 3.29. The van der Waals surface area contributed by atoms with Crippen molar-refractivity contribution in [2.24, 2.45) is 23.7 Å². The second kappa shape index (κ2) is 1.95. The molecule has 0 N–H and O–H groups in total. The molecule has 4 rings (SSSR count). The first kappa shape index (κ1) is 7.23. The van der Waals surface area contributed by atoms with Crippen LogP contribution < -0.4 is 0 Å². The first-order valence-corrected chi connectivity index (χ1v) is 4.82. The fraction of sp³-hybridized carbons (Fsp3) is 0.778. The summed E-state index contributed by atoms with van der Waals surface area (Å²) in [6.45, 7) is 0. The maximum atomic E-state index is 11.5. The first-order chi connectivity index (χ1) is 6.75. The minimum Gasteiger partial charge on any atom is -0.435 e. The number of fused-ring (bicyclic) bond motifs is 1. The van der Waals surface area contributed by atoms with Gasteiger partial charge in [0, 0.05) is 11.8 Å². The summed E-state index contributed by atoms with van der Waals surface area (Å²) in [5.41, 5.74) is 0. The largest absolute Gasteiger partial charge is 0.435 e. The molecule has 3 aliphatic heterocycles. The Hall–Kier alpha value is -1.10. The van der Waals surface area contributed by atoms with Crippen LogP contribution in [-0.2, 0) is 23.8 Å². The molecule has 1 aliphatic carbocycles. The van der Waals surface area contributed by atoms with Crippen LogP contribution in [0, 0.1) is 23.7 Å². The smallest absolute Gasteiger partial charge is 0.312 e. The molecule has 74 valence electrons. The third kappa shape index (κ3) is 0.580. The zero-order valence-corrected chi connectivity index (χ0v) is 7.21. The van der Waals surface area contributed by atoms with Gasteiger partial charge >= 0.3 is 11.9 Å². The van der Waals surface area contributed by atoms with Crippen molar-refractivity contribution in [2.45, 2.75) is 19.0 Å². The van der Waals surface area contributed by atoms with Gasteiger partial charge in [0.05, 0.1) is 11.8 Å². The molecule has 4 aliphatic rings. The molecular formula is C9H8O5. The molecule has 0 aromatic rings. The van der Waals surface area contributed by atoms with Crippen molar-refractivity contribution in [1.29, 1.82) is 0 Å². The van der Waals surface area contributed by atoms with Crippen LogP contribution in [-0.4, -0.2) is 24.5 Å². The van der Waals surface area contributed by atoms with E-state index < -0.39 is 12.6 Å². The average molecular weight is 196 g/mol. The predicted octanol–water partition coefficient (Wildman–Crippen LogP) is -0.349. The molecule has 0 aromatic carbocycles. The lowest BCUT2D eigenvalue weighted by Crippen LogP contribution is -2.35. The predicted molar refractivity (Wildman–Crippen MR) is 39.4 cm³/mol. The lowest BCUT2D eigenvalue weighted by atomic mass is 9.90. The Morgan fingerprint density at radius 1 is 0.929 bits per heavy atom. The molecule has 0 aromatic heterocycles. The van der Waals surface area contributed by atoms with Crippen LogP contribution in [0.15, 0.2) is 0 Å². The SMILES string of the molecule is O=C1O[C@H]2O[C@H]3OC(=O)[C@H]4[C@H]3C[C@@H]2[C@@H]14. The van der Waals surface area contributed by atoms with Crippen molar-refractivity contribution >= 4 is 11.9 Å². The summed E-state index contributed by atoms with van der Waals surface area (Å²) in [5, 5.41) is 0. The summed E-state index contributed by atoms with van der Waals surface area (Å²) in [6.07, 6.45) is -0.110. The zero-order chi connectivity index (χ0) is 9.45. The van der Waals surface area contributed by atoms with Crippen LogP contribution in [0.5, 0.6) is 0 Å². The number of ether oxygens (including phenoxy) is 3. The van der Waals surface area contributed by atoms with E-state index in [0.717, 1.165) is 6.42 Å². The molecule has 0 amide bonds. The third-order valence-corrected chi connectivity index (χ3v) is 3.83. The number of esters is 2. The zero-order valence-electron chi connectivity index (χ0n) is 7.21. The van der Waals surface area contributed by atoms with Gasteiger partial charge in [-0.1, -0.05) is 0 Å². The maximum Gasteiger partial charge on any atom is 0.312 e. The Morgan fingerprint density at radius 3 is 1.93 bits per heavy atom. The van der Waals surface area contributed by atoms with Crippen LogP contribution in [0.2, 0.25) is 0 Å². The summed E-state index contributed by atoms with van der Waals surface area (Å²) in [4.78, 5) is 22.9. The van der Waals surface area contributed by atoms with E-state index in [4.69, 9.17) is 14.2 Å². The molecule has 3 saturated heterocycles. The van der Waals surface area contributed by atoms with Crippen LogP contribution in [0.1, 0.15) is 6.42 Å². The number of hydrogen-bond donors (Lipinski definition) is 0. The van der Waals surface area contributed by atoms with E-state index >= 15 is 0 Å². The molecule has 0 radical (unpaired) electrons. The average Bonchev–Trinajstić information content (AvgIpc) is 2.69. The third-order valence-electron chi connectivity index (χ3n) is 3.83. The summed E-state index contributed by atoms with van der Waals surface area (Å²) >= 11 is 0. The van der Waals surface area contributed by atoms with E-state index in [0.29, 0.717) is 0 Å². The first-order valence-electron chi connectivity index (χ1n) is 4.82. The van der Waals surface area contributed by atoms with Crippen molar-refractivity contribution in [1.82, 2.24) is 0 Å². The van der Waals surface area contributed by atoms with Gasteiger partial charge < -0.3 is 14.2 Å². The summed E-state index contributed by atoms with van der Waals surface area (Å²) in [7, 11) is 0. The molecule has 3 heterocycles. The van der Waals surface area contributed by atoms with Crippen LogP contribution in [0.4, 0.5) is 0 Å². The van der Waals surface area contributed by atoms with E-state index in [1.807, 2.05) is 0 Å². The van der Waals surface area contributed by atoms with Gasteiger partial charge in [0.2, 0.25) is 12.6 Å². The molecule has 0 spiro atoms. The highest BCUT2D eigenvalue weighted by atomic mass is 16.8. The molecule has 5 nitrogen and oxygen atoms in total. The summed E-state index contributed by atoms with van der Waals surface area (Å²) in [6, 6.07) is 0. The van der Waals surface area contributed by atoms with E-state index in [2.05, 4.69) is 0 Å². The van der Waals surface area contributed by atoms with Crippen LogP contribution in [0.3, 0.4) is 0 Å². The highest BCUT2D eigenvalue weighted by molar-refractivity contribution is 5.86. The van der Waals surface area contributed by atoms with Crippen molar-refractivity contribution in [3.63, 3.8) is 0 Å². The van der Waals surface area contributed by atoms with Crippen LogP contribution >= 0.6 is 0 Å². The van der Waals surface area contributed by atoms with E-state index in [1.165, 1.54) is 0 Å². The van der Waals surface area contributed by atoms with E-state index in [1.54, 1.807) is 0 Å². The Balaban J connectivity index is 1.88. The van der Waals surface area contributed by atoms with Gasteiger partial charge in [-0.3, -0.25) is 9.59 Å². The molecular weight excluding hydrogens is 188 g/mol. The van der Waals surface area contributed by atoms with Gasteiger partial charge in [0.15, 0.2) is 0 Å². The minimum atomic E-state index is -0.466. The molecule has 14 heavy (non-hydrogen) atoms. The van der Waals surface area contributed by atoms with Gasteiger partial charge in [0.25, 0.3) is 0 Å².